The summed E-state index contributed by atoms with van der Waals surface area (Å²) in [5, 5.41) is 10.3. The zero-order valence-electron chi connectivity index (χ0n) is 9.05. The van der Waals surface area contributed by atoms with Crippen LogP contribution in [-0.2, 0) is 6.42 Å². The van der Waals surface area contributed by atoms with E-state index in [1.807, 2.05) is 6.07 Å². The molecule has 0 radical (unpaired) electrons. The lowest BCUT2D eigenvalue weighted by Crippen LogP contribution is -2.28. The molecule has 0 amide bonds. The smallest absolute Gasteiger partial charge is 0.179 e. The van der Waals surface area contributed by atoms with Gasteiger partial charge in [0.05, 0.1) is 0 Å². The van der Waals surface area contributed by atoms with Crippen LogP contribution in [0.15, 0.2) is 6.07 Å². The first kappa shape index (κ1) is 10.4. The van der Waals surface area contributed by atoms with Crippen LogP contribution in [0.1, 0.15) is 35.9 Å². The second kappa shape index (κ2) is 4.57. The molecule has 4 heteroatoms. The summed E-state index contributed by atoms with van der Waals surface area (Å²) in [5.41, 5.74) is 1.64. The first-order valence-corrected chi connectivity index (χ1v) is 5.51. The van der Waals surface area contributed by atoms with Crippen molar-refractivity contribution in [3.8, 4) is 0 Å². The van der Waals surface area contributed by atoms with Crippen molar-refractivity contribution in [3.05, 3.63) is 17.5 Å². The van der Waals surface area contributed by atoms with Crippen LogP contribution in [0, 0.1) is 5.92 Å². The van der Waals surface area contributed by atoms with Crippen LogP contribution in [0.25, 0.3) is 0 Å². The van der Waals surface area contributed by atoms with Crippen LogP contribution in [0.2, 0.25) is 0 Å². The molecule has 0 spiro atoms. The van der Waals surface area contributed by atoms with Crippen molar-refractivity contribution < 1.29 is 4.79 Å². The maximum Gasteiger partial charge on any atom is 0.179 e. The molecule has 2 rings (SSSR count). The van der Waals surface area contributed by atoms with E-state index in [2.05, 4.69) is 15.5 Å². The lowest BCUT2D eigenvalue weighted by Gasteiger charge is -2.21. The van der Waals surface area contributed by atoms with Gasteiger partial charge in [0.15, 0.2) is 5.78 Å². The monoisotopic (exact) mass is 207 g/mol. The Morgan fingerprint density at radius 2 is 2.27 bits per heavy atom. The number of aromatic amines is 1. The summed E-state index contributed by atoms with van der Waals surface area (Å²) in [7, 11) is 0. The van der Waals surface area contributed by atoms with Gasteiger partial charge in [-0.05, 0) is 44.3 Å². The van der Waals surface area contributed by atoms with Crippen LogP contribution in [0.3, 0.4) is 0 Å². The van der Waals surface area contributed by atoms with Crippen molar-refractivity contribution in [3.63, 3.8) is 0 Å². The Labute approximate surface area is 89.5 Å². The predicted molar refractivity (Wildman–Crippen MR) is 57.9 cm³/mol. The number of hydrogen-bond donors (Lipinski definition) is 2. The molecule has 4 nitrogen and oxygen atoms in total. The van der Waals surface area contributed by atoms with Crippen LogP contribution >= 0.6 is 0 Å². The lowest BCUT2D eigenvalue weighted by molar-refractivity contribution is 0.101. The van der Waals surface area contributed by atoms with E-state index in [1.54, 1.807) is 6.92 Å². The van der Waals surface area contributed by atoms with Crippen molar-refractivity contribution in [2.75, 3.05) is 13.1 Å². The fraction of sp³-hybridized carbons (Fsp3) is 0.636. The van der Waals surface area contributed by atoms with Crippen LogP contribution in [-0.4, -0.2) is 29.1 Å². The topological polar surface area (TPSA) is 57.8 Å². The molecule has 0 bridgehead atoms. The van der Waals surface area contributed by atoms with Gasteiger partial charge in [-0.15, -0.1) is 0 Å². The number of carbonyl (C=O) groups is 1. The molecule has 15 heavy (non-hydrogen) atoms. The van der Waals surface area contributed by atoms with Gasteiger partial charge in [-0.25, -0.2) is 0 Å². The molecular weight excluding hydrogens is 190 g/mol. The van der Waals surface area contributed by atoms with Crippen molar-refractivity contribution in [1.82, 2.24) is 15.5 Å². The van der Waals surface area contributed by atoms with Crippen molar-refractivity contribution >= 4 is 5.78 Å². The van der Waals surface area contributed by atoms with E-state index in [-0.39, 0.29) is 5.78 Å². The molecule has 1 aromatic heterocycles. The minimum Gasteiger partial charge on any atom is -0.317 e. The fourth-order valence-electron chi connectivity index (χ4n) is 2.04. The van der Waals surface area contributed by atoms with Gasteiger partial charge in [-0.3, -0.25) is 9.89 Å². The quantitative estimate of drug-likeness (QED) is 0.731. The van der Waals surface area contributed by atoms with E-state index in [9.17, 15) is 4.79 Å². The van der Waals surface area contributed by atoms with E-state index < -0.39 is 0 Å². The summed E-state index contributed by atoms with van der Waals surface area (Å²) in [4.78, 5) is 11.1. The molecule has 0 atom stereocenters. The number of hydrogen-bond acceptors (Lipinski definition) is 3. The highest BCUT2D eigenvalue weighted by molar-refractivity contribution is 5.92. The van der Waals surface area contributed by atoms with Crippen LogP contribution in [0.4, 0.5) is 0 Å². The predicted octanol–water partition coefficient (Wildman–Crippen LogP) is 1.15. The average molecular weight is 207 g/mol. The zero-order chi connectivity index (χ0) is 10.7. The van der Waals surface area contributed by atoms with Gasteiger partial charge in [0.25, 0.3) is 0 Å². The van der Waals surface area contributed by atoms with Crippen molar-refractivity contribution in [2.45, 2.75) is 26.2 Å². The van der Waals surface area contributed by atoms with Crippen molar-refractivity contribution in [1.29, 1.82) is 0 Å². The minimum atomic E-state index is 0.0304. The van der Waals surface area contributed by atoms with E-state index in [0.29, 0.717) is 5.69 Å². The second-order valence-corrected chi connectivity index (χ2v) is 4.23. The molecule has 1 aliphatic rings. The van der Waals surface area contributed by atoms with Crippen LogP contribution in [0.5, 0.6) is 0 Å². The van der Waals surface area contributed by atoms with E-state index >= 15 is 0 Å². The molecular formula is C11H17N3O. The Morgan fingerprint density at radius 3 is 2.87 bits per heavy atom. The van der Waals surface area contributed by atoms with E-state index in [0.717, 1.165) is 31.1 Å². The largest absolute Gasteiger partial charge is 0.317 e. The highest BCUT2D eigenvalue weighted by Gasteiger charge is 2.15. The Bertz CT molecular complexity index is 339. The number of piperidine rings is 1. The van der Waals surface area contributed by atoms with Crippen LogP contribution < -0.4 is 5.32 Å². The maximum atomic E-state index is 11.1. The average Bonchev–Trinajstić information content (AvgIpc) is 2.68. The molecule has 0 saturated carbocycles. The van der Waals surface area contributed by atoms with E-state index in [4.69, 9.17) is 0 Å². The van der Waals surface area contributed by atoms with Gasteiger partial charge in [0.1, 0.15) is 5.69 Å². The molecule has 0 aromatic carbocycles. The standard InChI is InChI=1S/C11H17N3O/c1-8(15)11-7-10(13-14-11)6-9-2-4-12-5-3-9/h7,9,12H,2-6H2,1H3,(H,13,14). The molecule has 1 aliphatic heterocycles. The summed E-state index contributed by atoms with van der Waals surface area (Å²) < 4.78 is 0. The Morgan fingerprint density at radius 1 is 1.53 bits per heavy atom. The SMILES string of the molecule is CC(=O)c1cc(CC2CCNCC2)[nH]n1. The number of Topliss-reactive ketones (excluding diaryl/α,β-unsaturated/α-hetero) is 1. The van der Waals surface area contributed by atoms with Gasteiger partial charge in [0, 0.05) is 12.6 Å². The molecule has 1 aromatic rings. The van der Waals surface area contributed by atoms with Gasteiger partial charge in [-0.2, -0.15) is 5.10 Å². The number of aromatic nitrogens is 2. The molecule has 1 fully saturated rings. The second-order valence-electron chi connectivity index (χ2n) is 4.23. The minimum absolute atomic E-state index is 0.0304. The van der Waals surface area contributed by atoms with Gasteiger partial charge < -0.3 is 5.32 Å². The summed E-state index contributed by atoms with van der Waals surface area (Å²) in [6, 6.07) is 1.88. The third-order valence-electron chi connectivity index (χ3n) is 2.96. The number of carbonyl (C=O) groups excluding carboxylic acids is 1. The Kier molecular flexibility index (Phi) is 3.16. The third kappa shape index (κ3) is 2.65. The highest BCUT2D eigenvalue weighted by Crippen LogP contribution is 2.17. The lowest BCUT2D eigenvalue weighted by atomic mass is 9.93. The maximum absolute atomic E-state index is 11.1. The highest BCUT2D eigenvalue weighted by atomic mass is 16.1. The fourth-order valence-corrected chi connectivity index (χ4v) is 2.04. The van der Waals surface area contributed by atoms with Gasteiger partial charge >= 0.3 is 0 Å². The van der Waals surface area contributed by atoms with Gasteiger partial charge in [-0.1, -0.05) is 0 Å². The Balaban J connectivity index is 1.94. The number of nitrogens with one attached hydrogen (secondary N) is 2. The number of rotatable bonds is 3. The molecule has 1 saturated heterocycles. The summed E-state index contributed by atoms with van der Waals surface area (Å²) in [5.74, 6) is 0.759. The molecule has 0 aliphatic carbocycles. The zero-order valence-corrected chi connectivity index (χ0v) is 9.05. The third-order valence-corrected chi connectivity index (χ3v) is 2.96. The molecule has 2 N–H and O–H groups in total. The molecule has 2 heterocycles. The first-order chi connectivity index (χ1) is 7.25. The van der Waals surface area contributed by atoms with E-state index in [1.165, 1.54) is 12.8 Å². The Hall–Kier alpha value is -1.16. The normalized spacial score (nSPS) is 17.9. The summed E-state index contributed by atoms with van der Waals surface area (Å²) in [6.45, 7) is 3.77. The van der Waals surface area contributed by atoms with Gasteiger partial charge in [0.2, 0.25) is 0 Å². The first-order valence-electron chi connectivity index (χ1n) is 5.51. The summed E-state index contributed by atoms with van der Waals surface area (Å²) in [6.07, 6.45) is 3.45. The van der Waals surface area contributed by atoms with Crippen molar-refractivity contribution in [2.24, 2.45) is 5.92 Å². The number of H-pyrrole nitrogens is 1. The number of ketones is 1. The molecule has 0 unspecified atom stereocenters. The molecule has 82 valence electrons. The summed E-state index contributed by atoms with van der Waals surface area (Å²) >= 11 is 0. The number of nitrogens with zero attached hydrogens (tertiary/aromatic N) is 1.